The lowest BCUT2D eigenvalue weighted by molar-refractivity contribution is -0.142. The number of anilines is 1. The van der Waals surface area contributed by atoms with Gasteiger partial charge in [-0.1, -0.05) is 11.6 Å². The summed E-state index contributed by atoms with van der Waals surface area (Å²) < 4.78 is 0. The minimum Gasteiger partial charge on any atom is -0.355 e. The van der Waals surface area contributed by atoms with Gasteiger partial charge in [0.1, 0.15) is 5.82 Å². The van der Waals surface area contributed by atoms with Gasteiger partial charge in [-0.2, -0.15) is 0 Å². The Morgan fingerprint density at radius 1 is 1.16 bits per heavy atom. The van der Waals surface area contributed by atoms with Crippen LogP contribution in [-0.2, 0) is 4.79 Å². The minimum absolute atomic E-state index is 0.0234. The van der Waals surface area contributed by atoms with Crippen molar-refractivity contribution in [2.75, 3.05) is 31.1 Å². The van der Waals surface area contributed by atoms with Gasteiger partial charge in [-0.3, -0.25) is 9.59 Å². The fourth-order valence-electron chi connectivity index (χ4n) is 6.17. The number of fused-ring (bicyclic) bond motifs is 4. The van der Waals surface area contributed by atoms with Crippen molar-refractivity contribution >= 4 is 17.6 Å². The van der Waals surface area contributed by atoms with Crippen molar-refractivity contribution in [2.45, 2.75) is 63.8 Å². The smallest absolute Gasteiger partial charge is 0.255 e. The number of carbonyl (C=O) groups is 2. The van der Waals surface area contributed by atoms with E-state index in [0.29, 0.717) is 42.3 Å². The molecule has 0 radical (unpaired) electrons. The number of nitrogens with one attached hydrogen (secondary N) is 1. The first-order chi connectivity index (χ1) is 15.2. The van der Waals surface area contributed by atoms with Crippen molar-refractivity contribution in [1.29, 1.82) is 0 Å². The summed E-state index contributed by atoms with van der Waals surface area (Å²) in [6.45, 7) is 3.30. The summed E-state index contributed by atoms with van der Waals surface area (Å²) in [5, 5.41) is 3.13. The predicted octanol–water partition coefficient (Wildman–Crippen LogP) is 3.54. The van der Waals surface area contributed by atoms with Crippen molar-refractivity contribution in [2.24, 2.45) is 11.8 Å². The molecule has 1 aromatic rings. The molecule has 6 heteroatoms. The summed E-state index contributed by atoms with van der Waals surface area (Å²) in [6, 6.07) is 4.12. The van der Waals surface area contributed by atoms with Gasteiger partial charge in [0.2, 0.25) is 5.91 Å². The van der Waals surface area contributed by atoms with Crippen molar-refractivity contribution in [3.05, 3.63) is 35.5 Å². The quantitative estimate of drug-likeness (QED) is 0.737. The number of hydrogen-bond donors (Lipinski definition) is 1. The summed E-state index contributed by atoms with van der Waals surface area (Å²) in [6.07, 6.45) is 14.0. The van der Waals surface area contributed by atoms with Crippen LogP contribution in [-0.4, -0.2) is 53.9 Å². The first-order valence-electron chi connectivity index (χ1n) is 12.1. The normalized spacial score (nSPS) is 28.1. The second kappa shape index (κ2) is 9.01. The number of carbonyl (C=O) groups excluding carboxylic acids is 2. The fraction of sp³-hybridized carbons (Fsp3) is 0.640. The summed E-state index contributed by atoms with van der Waals surface area (Å²) in [5.74, 6) is 2.07. The van der Waals surface area contributed by atoms with Gasteiger partial charge < -0.3 is 15.1 Å². The number of pyridine rings is 1. The molecule has 6 nitrogen and oxygen atoms in total. The number of amides is 2. The molecule has 4 heterocycles. The van der Waals surface area contributed by atoms with Crippen LogP contribution >= 0.6 is 0 Å². The molecule has 0 aromatic carbocycles. The Balaban J connectivity index is 1.26. The van der Waals surface area contributed by atoms with Gasteiger partial charge in [0.05, 0.1) is 5.56 Å². The van der Waals surface area contributed by atoms with Crippen molar-refractivity contribution in [3.8, 4) is 0 Å². The maximum Gasteiger partial charge on any atom is 0.255 e. The van der Waals surface area contributed by atoms with E-state index in [-0.39, 0.29) is 5.91 Å². The van der Waals surface area contributed by atoms with Gasteiger partial charge >= 0.3 is 0 Å². The molecule has 0 spiro atoms. The van der Waals surface area contributed by atoms with E-state index in [2.05, 4.69) is 26.2 Å². The average molecular weight is 423 g/mol. The Hall–Kier alpha value is -2.37. The van der Waals surface area contributed by atoms with Crippen LogP contribution in [0.15, 0.2) is 30.0 Å². The summed E-state index contributed by atoms with van der Waals surface area (Å²) in [5.41, 5.74) is 2.16. The highest BCUT2D eigenvalue weighted by atomic mass is 16.2. The molecule has 1 aliphatic carbocycles. The third-order valence-electron chi connectivity index (χ3n) is 7.63. The molecular weight excluding hydrogens is 388 g/mol. The van der Waals surface area contributed by atoms with Crippen LogP contribution in [0.3, 0.4) is 0 Å². The fourth-order valence-corrected chi connectivity index (χ4v) is 6.17. The average Bonchev–Trinajstić information content (AvgIpc) is 2.80. The Bertz CT molecular complexity index is 867. The largest absolute Gasteiger partial charge is 0.355 e. The molecule has 2 unspecified atom stereocenters. The molecular formula is C25H34N4O2. The Morgan fingerprint density at radius 3 is 2.97 bits per heavy atom. The van der Waals surface area contributed by atoms with Crippen LogP contribution in [0.1, 0.15) is 68.1 Å². The summed E-state index contributed by atoms with van der Waals surface area (Å²) >= 11 is 0. The van der Waals surface area contributed by atoms with Crippen LogP contribution in [0, 0.1) is 11.8 Å². The molecule has 0 saturated carbocycles. The third-order valence-corrected chi connectivity index (χ3v) is 7.63. The number of hydrogen-bond acceptors (Lipinski definition) is 4. The summed E-state index contributed by atoms with van der Waals surface area (Å²) in [7, 11) is 0. The van der Waals surface area contributed by atoms with E-state index in [1.165, 1.54) is 37.7 Å². The molecule has 3 aliphatic heterocycles. The minimum atomic E-state index is -0.0234. The Morgan fingerprint density at radius 2 is 2.10 bits per heavy atom. The Kier molecular flexibility index (Phi) is 5.97. The number of nitrogens with zero attached hydrogens (tertiary/aromatic N) is 3. The lowest BCUT2D eigenvalue weighted by Gasteiger charge is -2.52. The SMILES string of the molecule is O=C(NCCC1=CCCCC1)c1cccnc1N1CC2CC(C1)[C@H]1CCCC(=O)N1C2. The van der Waals surface area contributed by atoms with Gasteiger partial charge in [-0.15, -0.1) is 0 Å². The number of aromatic nitrogens is 1. The van der Waals surface area contributed by atoms with Crippen molar-refractivity contribution in [3.63, 3.8) is 0 Å². The van der Waals surface area contributed by atoms with Crippen LogP contribution < -0.4 is 10.2 Å². The van der Waals surface area contributed by atoms with Crippen molar-refractivity contribution in [1.82, 2.24) is 15.2 Å². The van der Waals surface area contributed by atoms with E-state index in [9.17, 15) is 9.59 Å². The highest BCUT2D eigenvalue weighted by Crippen LogP contribution is 2.39. The van der Waals surface area contributed by atoms with E-state index >= 15 is 0 Å². The van der Waals surface area contributed by atoms with Gasteiger partial charge in [-0.25, -0.2) is 4.98 Å². The van der Waals surface area contributed by atoms with E-state index < -0.39 is 0 Å². The highest BCUT2D eigenvalue weighted by molar-refractivity contribution is 5.98. The second-order valence-corrected chi connectivity index (χ2v) is 9.76. The molecule has 1 aromatic heterocycles. The van der Waals surface area contributed by atoms with E-state index in [4.69, 9.17) is 0 Å². The second-order valence-electron chi connectivity index (χ2n) is 9.76. The van der Waals surface area contributed by atoms with Crippen LogP contribution in [0.25, 0.3) is 0 Å². The molecule has 166 valence electrons. The molecule has 3 saturated heterocycles. The zero-order chi connectivity index (χ0) is 21.2. The first-order valence-corrected chi connectivity index (χ1v) is 12.1. The maximum absolute atomic E-state index is 13.0. The number of allylic oxidation sites excluding steroid dienone is 1. The predicted molar refractivity (Wildman–Crippen MR) is 121 cm³/mol. The topological polar surface area (TPSA) is 65.5 Å². The molecule has 5 rings (SSSR count). The third kappa shape index (κ3) is 4.35. The van der Waals surface area contributed by atoms with E-state index in [1.54, 1.807) is 6.20 Å². The molecule has 4 aliphatic rings. The van der Waals surface area contributed by atoms with E-state index in [0.717, 1.165) is 44.7 Å². The van der Waals surface area contributed by atoms with Crippen LogP contribution in [0.4, 0.5) is 5.82 Å². The molecule has 1 N–H and O–H groups in total. The van der Waals surface area contributed by atoms with Gasteiger partial charge in [0, 0.05) is 44.8 Å². The summed E-state index contributed by atoms with van der Waals surface area (Å²) in [4.78, 5) is 34.5. The zero-order valence-electron chi connectivity index (χ0n) is 18.4. The van der Waals surface area contributed by atoms with Crippen molar-refractivity contribution < 1.29 is 9.59 Å². The maximum atomic E-state index is 13.0. The number of rotatable bonds is 5. The van der Waals surface area contributed by atoms with Crippen LogP contribution in [0.5, 0.6) is 0 Å². The van der Waals surface area contributed by atoms with Crippen LogP contribution in [0.2, 0.25) is 0 Å². The Labute approximate surface area is 185 Å². The first kappa shape index (κ1) is 20.5. The molecule has 2 amide bonds. The lowest BCUT2D eigenvalue weighted by Crippen LogP contribution is -2.60. The number of piperidine rings is 3. The highest BCUT2D eigenvalue weighted by Gasteiger charge is 2.44. The van der Waals surface area contributed by atoms with Gasteiger partial charge in [0.25, 0.3) is 5.91 Å². The molecule has 2 bridgehead atoms. The zero-order valence-corrected chi connectivity index (χ0v) is 18.4. The standard InChI is InChI=1S/C25H34N4O2/c30-23-10-4-9-22-20-14-19(16-29(22)23)15-28(17-20)24-21(8-5-12-26-24)25(31)27-13-11-18-6-2-1-3-7-18/h5-6,8,12,19-20,22H,1-4,7,9-11,13-17H2,(H,27,31)/t19?,20?,22-/m1/s1. The molecule has 3 atom stereocenters. The van der Waals surface area contributed by atoms with E-state index in [1.807, 2.05) is 12.1 Å². The van der Waals surface area contributed by atoms with Gasteiger partial charge in [0.15, 0.2) is 0 Å². The monoisotopic (exact) mass is 422 g/mol. The lowest BCUT2D eigenvalue weighted by atomic mass is 9.76. The van der Waals surface area contributed by atoms with Gasteiger partial charge in [-0.05, 0) is 75.3 Å². The molecule has 31 heavy (non-hydrogen) atoms. The molecule has 3 fully saturated rings.